The molecular formula is C15H18BrN3O. The summed E-state index contributed by atoms with van der Waals surface area (Å²) in [4.78, 5) is 0. The third kappa shape index (κ3) is 2.54. The van der Waals surface area contributed by atoms with Crippen molar-refractivity contribution < 1.29 is 4.74 Å². The average molecular weight is 336 g/mol. The quantitative estimate of drug-likeness (QED) is 0.868. The fourth-order valence-corrected chi connectivity index (χ4v) is 2.97. The fourth-order valence-electron chi connectivity index (χ4n) is 2.63. The SMILES string of the molecule is Cc1n[nH]c(C)c1NC1CCCOc2cc(Br)ccc21. The first-order valence-corrected chi connectivity index (χ1v) is 7.65. The van der Waals surface area contributed by atoms with Gasteiger partial charge in [0, 0.05) is 10.0 Å². The van der Waals surface area contributed by atoms with Crippen molar-refractivity contribution in [1.82, 2.24) is 10.2 Å². The highest BCUT2D eigenvalue weighted by atomic mass is 79.9. The van der Waals surface area contributed by atoms with Crippen LogP contribution in [0.15, 0.2) is 22.7 Å². The Morgan fingerprint density at radius 1 is 1.40 bits per heavy atom. The molecule has 0 amide bonds. The summed E-state index contributed by atoms with van der Waals surface area (Å²) in [6.45, 7) is 4.82. The molecule has 2 aromatic rings. The van der Waals surface area contributed by atoms with E-state index in [4.69, 9.17) is 4.74 Å². The molecule has 1 aliphatic rings. The molecule has 5 heteroatoms. The van der Waals surface area contributed by atoms with E-state index in [9.17, 15) is 0 Å². The lowest BCUT2D eigenvalue weighted by molar-refractivity contribution is 0.316. The summed E-state index contributed by atoms with van der Waals surface area (Å²) in [7, 11) is 0. The molecule has 1 aromatic carbocycles. The second-order valence-electron chi connectivity index (χ2n) is 5.18. The fraction of sp³-hybridized carbons (Fsp3) is 0.400. The lowest BCUT2D eigenvalue weighted by atomic mass is 10.0. The summed E-state index contributed by atoms with van der Waals surface area (Å²) in [6, 6.07) is 6.50. The van der Waals surface area contributed by atoms with Crippen molar-refractivity contribution in [3.63, 3.8) is 0 Å². The Morgan fingerprint density at radius 2 is 2.25 bits per heavy atom. The van der Waals surface area contributed by atoms with Gasteiger partial charge in [-0.2, -0.15) is 5.10 Å². The molecule has 1 aromatic heterocycles. The number of aromatic amines is 1. The molecule has 2 heterocycles. The molecule has 0 radical (unpaired) electrons. The third-order valence-corrected chi connectivity index (χ3v) is 4.19. The van der Waals surface area contributed by atoms with Crippen LogP contribution in [0, 0.1) is 13.8 Å². The monoisotopic (exact) mass is 335 g/mol. The number of rotatable bonds is 2. The molecule has 0 saturated heterocycles. The number of fused-ring (bicyclic) bond motifs is 1. The number of benzene rings is 1. The lowest BCUT2D eigenvalue weighted by Gasteiger charge is -2.20. The van der Waals surface area contributed by atoms with E-state index in [2.05, 4.69) is 43.6 Å². The van der Waals surface area contributed by atoms with Crippen LogP contribution in [-0.2, 0) is 0 Å². The molecule has 106 valence electrons. The topological polar surface area (TPSA) is 49.9 Å². The van der Waals surface area contributed by atoms with E-state index in [1.54, 1.807) is 0 Å². The molecular weight excluding hydrogens is 318 g/mol. The van der Waals surface area contributed by atoms with Crippen LogP contribution in [0.2, 0.25) is 0 Å². The Morgan fingerprint density at radius 3 is 3.00 bits per heavy atom. The molecule has 0 saturated carbocycles. The summed E-state index contributed by atoms with van der Waals surface area (Å²) in [6.07, 6.45) is 2.10. The summed E-state index contributed by atoms with van der Waals surface area (Å²) < 4.78 is 6.89. The maximum absolute atomic E-state index is 5.85. The number of hydrogen-bond acceptors (Lipinski definition) is 3. The summed E-state index contributed by atoms with van der Waals surface area (Å²) in [5, 5.41) is 10.9. The van der Waals surface area contributed by atoms with Crippen LogP contribution in [-0.4, -0.2) is 16.8 Å². The van der Waals surface area contributed by atoms with Gasteiger partial charge in [0.15, 0.2) is 0 Å². The molecule has 4 nitrogen and oxygen atoms in total. The van der Waals surface area contributed by atoms with Crippen molar-refractivity contribution in [1.29, 1.82) is 0 Å². The van der Waals surface area contributed by atoms with E-state index in [0.717, 1.165) is 46.7 Å². The predicted molar refractivity (Wildman–Crippen MR) is 83.3 cm³/mol. The molecule has 20 heavy (non-hydrogen) atoms. The largest absolute Gasteiger partial charge is 0.493 e. The number of halogens is 1. The molecule has 0 aliphatic carbocycles. The number of aromatic nitrogens is 2. The van der Waals surface area contributed by atoms with Crippen LogP contribution >= 0.6 is 15.9 Å². The Kier molecular flexibility index (Phi) is 3.70. The van der Waals surface area contributed by atoms with E-state index >= 15 is 0 Å². The smallest absolute Gasteiger partial charge is 0.125 e. The Hall–Kier alpha value is -1.49. The zero-order valence-corrected chi connectivity index (χ0v) is 13.3. The van der Waals surface area contributed by atoms with Gasteiger partial charge in [0.25, 0.3) is 0 Å². The predicted octanol–water partition coefficient (Wildman–Crippen LogP) is 4.11. The molecule has 3 rings (SSSR count). The highest BCUT2D eigenvalue weighted by molar-refractivity contribution is 9.10. The van der Waals surface area contributed by atoms with Crippen molar-refractivity contribution in [2.24, 2.45) is 0 Å². The van der Waals surface area contributed by atoms with Gasteiger partial charge in [-0.25, -0.2) is 0 Å². The highest BCUT2D eigenvalue weighted by Gasteiger charge is 2.21. The van der Waals surface area contributed by atoms with E-state index in [-0.39, 0.29) is 6.04 Å². The van der Waals surface area contributed by atoms with Gasteiger partial charge in [-0.3, -0.25) is 5.10 Å². The average Bonchev–Trinajstić information content (AvgIpc) is 2.64. The van der Waals surface area contributed by atoms with Gasteiger partial charge in [0.05, 0.1) is 29.7 Å². The second-order valence-corrected chi connectivity index (χ2v) is 6.09. The van der Waals surface area contributed by atoms with E-state index < -0.39 is 0 Å². The van der Waals surface area contributed by atoms with Crippen LogP contribution in [0.5, 0.6) is 5.75 Å². The van der Waals surface area contributed by atoms with E-state index in [0.29, 0.717) is 0 Å². The summed E-state index contributed by atoms with van der Waals surface area (Å²) in [5.41, 5.74) is 4.40. The second kappa shape index (κ2) is 5.48. The molecule has 0 spiro atoms. The maximum Gasteiger partial charge on any atom is 0.125 e. The minimum Gasteiger partial charge on any atom is -0.493 e. The van der Waals surface area contributed by atoms with Crippen LogP contribution in [0.25, 0.3) is 0 Å². The maximum atomic E-state index is 5.85. The van der Waals surface area contributed by atoms with Crippen LogP contribution in [0.1, 0.15) is 35.8 Å². The number of hydrogen-bond donors (Lipinski definition) is 2. The molecule has 1 aliphatic heterocycles. The van der Waals surface area contributed by atoms with Gasteiger partial charge in [0.1, 0.15) is 5.75 Å². The van der Waals surface area contributed by atoms with E-state index in [1.165, 1.54) is 5.56 Å². The number of anilines is 1. The summed E-state index contributed by atoms with van der Waals surface area (Å²) >= 11 is 3.50. The van der Waals surface area contributed by atoms with Gasteiger partial charge >= 0.3 is 0 Å². The molecule has 2 N–H and O–H groups in total. The Labute approximate surface area is 127 Å². The van der Waals surface area contributed by atoms with E-state index in [1.807, 2.05) is 19.9 Å². The first kappa shape index (κ1) is 13.5. The minimum atomic E-state index is 0.260. The van der Waals surface area contributed by atoms with Gasteiger partial charge in [-0.05, 0) is 38.8 Å². The number of nitrogens with one attached hydrogen (secondary N) is 2. The Bertz CT molecular complexity index is 604. The van der Waals surface area contributed by atoms with Gasteiger partial charge in [0.2, 0.25) is 0 Å². The molecule has 0 bridgehead atoms. The van der Waals surface area contributed by atoms with Crippen LogP contribution in [0.3, 0.4) is 0 Å². The normalized spacial score (nSPS) is 18.1. The van der Waals surface area contributed by atoms with Gasteiger partial charge in [-0.15, -0.1) is 0 Å². The lowest BCUT2D eigenvalue weighted by Crippen LogP contribution is -2.11. The van der Waals surface area contributed by atoms with Gasteiger partial charge in [-0.1, -0.05) is 22.0 Å². The first-order chi connectivity index (χ1) is 9.65. The van der Waals surface area contributed by atoms with Crippen molar-refractivity contribution in [3.8, 4) is 5.75 Å². The number of aryl methyl sites for hydroxylation is 2. The van der Waals surface area contributed by atoms with Crippen LogP contribution in [0.4, 0.5) is 5.69 Å². The van der Waals surface area contributed by atoms with Crippen molar-refractivity contribution in [2.45, 2.75) is 32.7 Å². The minimum absolute atomic E-state index is 0.260. The molecule has 1 unspecified atom stereocenters. The van der Waals surface area contributed by atoms with Crippen LogP contribution < -0.4 is 10.1 Å². The molecule has 0 fully saturated rings. The number of ether oxygens (including phenoxy) is 1. The standard InChI is InChI=1S/C15H18BrN3O/c1-9-15(10(2)19-18-9)17-13-4-3-7-20-14-8-11(16)5-6-12(13)14/h5-6,8,13,17H,3-4,7H2,1-2H3,(H,18,19). The van der Waals surface area contributed by atoms with Gasteiger partial charge < -0.3 is 10.1 Å². The number of nitrogens with zero attached hydrogens (tertiary/aromatic N) is 1. The van der Waals surface area contributed by atoms with Crippen molar-refractivity contribution in [3.05, 3.63) is 39.6 Å². The zero-order chi connectivity index (χ0) is 14.1. The Balaban J connectivity index is 1.94. The molecule has 1 atom stereocenters. The third-order valence-electron chi connectivity index (χ3n) is 3.69. The highest BCUT2D eigenvalue weighted by Crippen LogP contribution is 2.36. The summed E-state index contributed by atoms with van der Waals surface area (Å²) in [5.74, 6) is 0.966. The van der Waals surface area contributed by atoms with Crippen molar-refractivity contribution in [2.75, 3.05) is 11.9 Å². The first-order valence-electron chi connectivity index (χ1n) is 6.85. The van der Waals surface area contributed by atoms with Crippen molar-refractivity contribution >= 4 is 21.6 Å². The zero-order valence-electron chi connectivity index (χ0n) is 11.7. The number of H-pyrrole nitrogens is 1.